The Balaban J connectivity index is 2.65. The lowest BCUT2D eigenvalue weighted by atomic mass is 10.2. The van der Waals surface area contributed by atoms with E-state index in [1.54, 1.807) is 25.1 Å². The van der Waals surface area contributed by atoms with Gasteiger partial charge in [0.2, 0.25) is 5.91 Å². The molecule has 0 saturated heterocycles. The van der Waals surface area contributed by atoms with Gasteiger partial charge in [-0.3, -0.25) is 4.79 Å². The van der Waals surface area contributed by atoms with Gasteiger partial charge in [0, 0.05) is 38.4 Å². The molecule has 0 spiro atoms. The number of halogens is 1. The first-order valence-corrected chi connectivity index (χ1v) is 5.00. The Bertz CT molecular complexity index is 361. The standard InChI is InChI=1S/C11H16FN3O/c1-14-11(16)3-4-15(2)10-6-8(12)5-9(13)7-10/h5-7H,3-4,13H2,1-2H3,(H,14,16). The predicted molar refractivity (Wildman–Crippen MR) is 62.8 cm³/mol. The van der Waals surface area contributed by atoms with Crippen LogP contribution in [0.1, 0.15) is 6.42 Å². The maximum absolute atomic E-state index is 13.1. The molecule has 0 atom stereocenters. The second kappa shape index (κ2) is 5.34. The Morgan fingerprint density at radius 2 is 2.19 bits per heavy atom. The summed E-state index contributed by atoms with van der Waals surface area (Å²) in [6.07, 6.45) is 0.365. The number of rotatable bonds is 4. The molecule has 0 aliphatic rings. The number of hydrogen-bond donors (Lipinski definition) is 2. The fourth-order valence-corrected chi connectivity index (χ4v) is 1.34. The van der Waals surface area contributed by atoms with Crippen molar-refractivity contribution in [1.29, 1.82) is 0 Å². The molecule has 1 aromatic rings. The van der Waals surface area contributed by atoms with Crippen molar-refractivity contribution < 1.29 is 9.18 Å². The van der Waals surface area contributed by atoms with Gasteiger partial charge in [-0.25, -0.2) is 4.39 Å². The van der Waals surface area contributed by atoms with Crippen molar-refractivity contribution in [3.63, 3.8) is 0 Å². The summed E-state index contributed by atoms with van der Waals surface area (Å²) >= 11 is 0. The molecule has 4 nitrogen and oxygen atoms in total. The summed E-state index contributed by atoms with van der Waals surface area (Å²) in [5.74, 6) is -0.419. The highest BCUT2D eigenvalue weighted by Crippen LogP contribution is 2.18. The molecule has 5 heteroatoms. The number of carbonyl (C=O) groups excluding carboxylic acids is 1. The second-order valence-electron chi connectivity index (χ2n) is 3.59. The molecule has 88 valence electrons. The molecule has 1 amide bonds. The number of anilines is 2. The number of carbonyl (C=O) groups is 1. The minimum atomic E-state index is -0.373. The summed E-state index contributed by atoms with van der Waals surface area (Å²) in [7, 11) is 3.37. The van der Waals surface area contributed by atoms with Crippen LogP contribution in [0, 0.1) is 5.82 Å². The first kappa shape index (κ1) is 12.3. The number of amides is 1. The highest BCUT2D eigenvalue weighted by atomic mass is 19.1. The predicted octanol–water partition coefficient (Wildman–Crippen LogP) is 0.980. The summed E-state index contributed by atoms with van der Waals surface area (Å²) in [5.41, 5.74) is 6.58. The zero-order valence-electron chi connectivity index (χ0n) is 9.46. The summed E-state index contributed by atoms with van der Waals surface area (Å²) in [6.45, 7) is 0.516. The average Bonchev–Trinajstić information content (AvgIpc) is 2.23. The van der Waals surface area contributed by atoms with E-state index in [1.165, 1.54) is 12.1 Å². The summed E-state index contributed by atoms with van der Waals surface area (Å²) in [4.78, 5) is 12.8. The number of benzene rings is 1. The quantitative estimate of drug-likeness (QED) is 0.751. The number of nitrogens with one attached hydrogen (secondary N) is 1. The molecule has 1 aromatic carbocycles. The maximum atomic E-state index is 13.1. The SMILES string of the molecule is CNC(=O)CCN(C)c1cc(N)cc(F)c1. The van der Waals surface area contributed by atoms with Gasteiger partial charge < -0.3 is 16.0 Å². The van der Waals surface area contributed by atoms with E-state index in [0.717, 1.165) is 0 Å². The van der Waals surface area contributed by atoms with Crippen molar-refractivity contribution in [2.75, 3.05) is 31.3 Å². The van der Waals surface area contributed by atoms with Gasteiger partial charge >= 0.3 is 0 Å². The van der Waals surface area contributed by atoms with Crippen LogP contribution in [-0.4, -0.2) is 26.5 Å². The third-order valence-electron chi connectivity index (χ3n) is 2.30. The summed E-state index contributed by atoms with van der Waals surface area (Å²) < 4.78 is 13.1. The topological polar surface area (TPSA) is 58.4 Å². The lowest BCUT2D eigenvalue weighted by molar-refractivity contribution is -0.120. The molecule has 0 aromatic heterocycles. The Kier molecular flexibility index (Phi) is 4.10. The number of nitrogens with two attached hydrogens (primary N) is 1. The molecule has 0 aliphatic heterocycles. The van der Waals surface area contributed by atoms with E-state index < -0.39 is 0 Å². The molecular weight excluding hydrogens is 209 g/mol. The zero-order valence-corrected chi connectivity index (χ0v) is 9.46. The Morgan fingerprint density at radius 3 is 2.75 bits per heavy atom. The fourth-order valence-electron chi connectivity index (χ4n) is 1.34. The fraction of sp³-hybridized carbons (Fsp3) is 0.364. The van der Waals surface area contributed by atoms with Crippen LogP contribution in [0.5, 0.6) is 0 Å². The van der Waals surface area contributed by atoms with Crippen LogP contribution in [0.25, 0.3) is 0 Å². The van der Waals surface area contributed by atoms with Gasteiger partial charge in [0.05, 0.1) is 0 Å². The van der Waals surface area contributed by atoms with Crippen LogP contribution in [0.2, 0.25) is 0 Å². The number of nitrogens with zero attached hydrogens (tertiary/aromatic N) is 1. The van der Waals surface area contributed by atoms with Crippen LogP contribution >= 0.6 is 0 Å². The molecular formula is C11H16FN3O. The van der Waals surface area contributed by atoms with Crippen LogP contribution < -0.4 is 16.0 Å². The van der Waals surface area contributed by atoms with Crippen LogP contribution in [-0.2, 0) is 4.79 Å². The molecule has 0 bridgehead atoms. The van der Waals surface area contributed by atoms with Gasteiger partial charge in [0.15, 0.2) is 0 Å². The monoisotopic (exact) mass is 225 g/mol. The van der Waals surface area contributed by atoms with E-state index in [-0.39, 0.29) is 11.7 Å². The normalized spacial score (nSPS) is 9.94. The Hall–Kier alpha value is -1.78. The van der Waals surface area contributed by atoms with Crippen molar-refractivity contribution >= 4 is 17.3 Å². The first-order chi connectivity index (χ1) is 7.52. The van der Waals surface area contributed by atoms with E-state index in [9.17, 15) is 9.18 Å². The van der Waals surface area contributed by atoms with Gasteiger partial charge in [0.25, 0.3) is 0 Å². The highest BCUT2D eigenvalue weighted by Gasteiger charge is 2.06. The lowest BCUT2D eigenvalue weighted by Crippen LogP contribution is -2.26. The largest absolute Gasteiger partial charge is 0.399 e. The van der Waals surface area contributed by atoms with Crippen molar-refractivity contribution in [2.24, 2.45) is 0 Å². The van der Waals surface area contributed by atoms with Gasteiger partial charge in [-0.2, -0.15) is 0 Å². The molecule has 0 unspecified atom stereocenters. The van der Waals surface area contributed by atoms with Gasteiger partial charge in [-0.15, -0.1) is 0 Å². The lowest BCUT2D eigenvalue weighted by Gasteiger charge is -2.19. The first-order valence-electron chi connectivity index (χ1n) is 5.00. The van der Waals surface area contributed by atoms with Crippen molar-refractivity contribution in [3.8, 4) is 0 Å². The van der Waals surface area contributed by atoms with Gasteiger partial charge in [0.1, 0.15) is 5.82 Å². The third kappa shape index (κ3) is 3.42. The van der Waals surface area contributed by atoms with E-state index >= 15 is 0 Å². The molecule has 16 heavy (non-hydrogen) atoms. The van der Waals surface area contributed by atoms with E-state index in [1.807, 2.05) is 0 Å². The molecule has 3 N–H and O–H groups in total. The smallest absolute Gasteiger partial charge is 0.221 e. The van der Waals surface area contributed by atoms with E-state index in [2.05, 4.69) is 5.32 Å². The van der Waals surface area contributed by atoms with Crippen LogP contribution in [0.3, 0.4) is 0 Å². The molecule has 0 radical (unpaired) electrons. The van der Waals surface area contributed by atoms with Crippen molar-refractivity contribution in [2.45, 2.75) is 6.42 Å². The molecule has 0 fully saturated rings. The van der Waals surface area contributed by atoms with E-state index in [0.29, 0.717) is 24.3 Å². The van der Waals surface area contributed by atoms with Crippen molar-refractivity contribution in [3.05, 3.63) is 24.0 Å². The molecule has 1 rings (SSSR count). The van der Waals surface area contributed by atoms with Gasteiger partial charge in [-0.1, -0.05) is 0 Å². The van der Waals surface area contributed by atoms with Crippen LogP contribution in [0.4, 0.5) is 15.8 Å². The minimum absolute atomic E-state index is 0.0452. The highest BCUT2D eigenvalue weighted by molar-refractivity contribution is 5.76. The van der Waals surface area contributed by atoms with Crippen LogP contribution in [0.15, 0.2) is 18.2 Å². The Morgan fingerprint density at radius 1 is 1.50 bits per heavy atom. The minimum Gasteiger partial charge on any atom is -0.399 e. The number of hydrogen-bond acceptors (Lipinski definition) is 3. The number of nitrogen functional groups attached to an aromatic ring is 1. The molecule has 0 saturated carbocycles. The van der Waals surface area contributed by atoms with Crippen molar-refractivity contribution in [1.82, 2.24) is 5.32 Å². The third-order valence-corrected chi connectivity index (χ3v) is 2.30. The summed E-state index contributed by atoms with van der Waals surface area (Å²) in [5, 5.41) is 2.53. The van der Waals surface area contributed by atoms with Gasteiger partial charge in [-0.05, 0) is 18.2 Å². The summed E-state index contributed by atoms with van der Waals surface area (Å²) in [6, 6.07) is 4.32. The molecule has 0 aliphatic carbocycles. The zero-order chi connectivity index (χ0) is 12.1. The van der Waals surface area contributed by atoms with E-state index in [4.69, 9.17) is 5.73 Å². The maximum Gasteiger partial charge on any atom is 0.221 e. The second-order valence-corrected chi connectivity index (χ2v) is 3.59. The Labute approximate surface area is 94.2 Å². The average molecular weight is 225 g/mol. The molecule has 0 heterocycles.